The Morgan fingerprint density at radius 3 is 2.14 bits per heavy atom. The van der Waals surface area contributed by atoms with Gasteiger partial charge in [0.2, 0.25) is 23.6 Å². The van der Waals surface area contributed by atoms with Gasteiger partial charge in [0, 0.05) is 63.5 Å². The molecular formula is C51H67ClN10O12. The molecule has 4 aliphatic rings. The number of hydrogen-bond donors (Lipinski definition) is 5. The molecule has 6 heterocycles. The number of rotatable bonds is 27. The van der Waals surface area contributed by atoms with Crippen LogP contribution in [0.2, 0.25) is 5.02 Å². The van der Waals surface area contributed by atoms with E-state index < -0.39 is 35.5 Å². The third-order valence-corrected chi connectivity index (χ3v) is 14.1. The van der Waals surface area contributed by atoms with Crippen molar-refractivity contribution < 1.29 is 57.5 Å². The maximum Gasteiger partial charge on any atom is 0.257 e. The number of carbonyl (C=O) groups excluding carboxylic acids is 5. The molecular weight excluding hydrogens is 980 g/mol. The van der Waals surface area contributed by atoms with Gasteiger partial charge in [-0.1, -0.05) is 29.8 Å². The SMILES string of the molecule is NC1(C(=O)N[C@@H](CCN2CCN(C(=O)CCOCCOCCOCCOCCOCCOc3cccc4c3C(O)N(C3CCC(=O)NC3=O)C4=O)CC2)c2ccc(Cl)cc2)CCN(c2ncnc3[nH]ccc23)CC1. The van der Waals surface area contributed by atoms with E-state index in [2.05, 4.69) is 35.4 Å². The number of benzene rings is 2. The van der Waals surface area contributed by atoms with Crippen LogP contribution in [0.25, 0.3) is 11.0 Å². The number of aliphatic hydroxyl groups excluding tert-OH is 1. The number of amides is 5. The molecule has 23 heteroatoms. The molecule has 2 aromatic carbocycles. The lowest BCUT2D eigenvalue weighted by Crippen LogP contribution is -2.60. The normalized spacial score (nSPS) is 19.4. The Balaban J connectivity index is 0.617. The lowest BCUT2D eigenvalue weighted by atomic mass is 9.87. The number of aromatic nitrogens is 3. The van der Waals surface area contributed by atoms with Gasteiger partial charge in [-0.25, -0.2) is 9.97 Å². The number of piperazine rings is 1. The van der Waals surface area contributed by atoms with Gasteiger partial charge in [0.15, 0.2) is 6.23 Å². The Morgan fingerprint density at radius 1 is 0.824 bits per heavy atom. The van der Waals surface area contributed by atoms with Crippen molar-refractivity contribution in [3.05, 3.63) is 82.8 Å². The second-order valence-electron chi connectivity index (χ2n) is 18.6. The molecule has 5 amide bonds. The van der Waals surface area contributed by atoms with E-state index in [4.69, 9.17) is 45.8 Å². The summed E-state index contributed by atoms with van der Waals surface area (Å²) >= 11 is 6.23. The molecule has 3 atom stereocenters. The number of nitrogens with one attached hydrogen (secondary N) is 3. The first-order valence-corrected chi connectivity index (χ1v) is 25.7. The fourth-order valence-corrected chi connectivity index (χ4v) is 9.71. The highest BCUT2D eigenvalue weighted by Gasteiger charge is 2.46. The predicted molar refractivity (Wildman–Crippen MR) is 270 cm³/mol. The molecule has 400 valence electrons. The van der Waals surface area contributed by atoms with Gasteiger partial charge < -0.3 is 59.4 Å². The van der Waals surface area contributed by atoms with Crippen molar-refractivity contribution in [3.8, 4) is 5.75 Å². The number of nitrogens with zero attached hydrogens (tertiary/aromatic N) is 6. The summed E-state index contributed by atoms with van der Waals surface area (Å²) in [5.41, 5.74) is 8.05. The topological polar surface area (TPSA) is 266 Å². The Labute approximate surface area is 434 Å². The van der Waals surface area contributed by atoms with Crippen molar-refractivity contribution in [2.75, 3.05) is 123 Å². The summed E-state index contributed by atoms with van der Waals surface area (Å²) in [6, 6.07) is 13.1. The van der Waals surface area contributed by atoms with Gasteiger partial charge in [-0.15, -0.1) is 0 Å². The molecule has 0 spiro atoms. The summed E-state index contributed by atoms with van der Waals surface area (Å²) in [6.45, 7) is 8.27. The van der Waals surface area contributed by atoms with Crippen LogP contribution >= 0.6 is 11.6 Å². The van der Waals surface area contributed by atoms with Crippen LogP contribution in [0.15, 0.2) is 61.1 Å². The molecule has 0 radical (unpaired) electrons. The number of aliphatic hydroxyl groups is 1. The molecule has 3 fully saturated rings. The fraction of sp³-hybridized carbons (Fsp3) is 0.549. The summed E-state index contributed by atoms with van der Waals surface area (Å²) < 4.78 is 33.8. The van der Waals surface area contributed by atoms with Crippen LogP contribution in [0.4, 0.5) is 5.82 Å². The van der Waals surface area contributed by atoms with Crippen LogP contribution in [-0.2, 0) is 42.9 Å². The smallest absolute Gasteiger partial charge is 0.257 e. The maximum absolute atomic E-state index is 13.9. The highest BCUT2D eigenvalue weighted by molar-refractivity contribution is 6.30. The van der Waals surface area contributed by atoms with Crippen LogP contribution in [0.3, 0.4) is 0 Å². The van der Waals surface area contributed by atoms with Crippen LogP contribution in [0.5, 0.6) is 5.75 Å². The zero-order chi connectivity index (χ0) is 51.9. The Morgan fingerprint density at radius 2 is 1.47 bits per heavy atom. The molecule has 0 bridgehead atoms. The summed E-state index contributed by atoms with van der Waals surface area (Å²) in [5.74, 6) is -0.486. The minimum Gasteiger partial charge on any atom is -0.491 e. The van der Waals surface area contributed by atoms with E-state index >= 15 is 0 Å². The number of fused-ring (bicyclic) bond motifs is 2. The van der Waals surface area contributed by atoms with Crippen LogP contribution in [0, 0.1) is 0 Å². The van der Waals surface area contributed by atoms with Crippen molar-refractivity contribution in [1.82, 2.24) is 40.3 Å². The number of aromatic amines is 1. The van der Waals surface area contributed by atoms with Gasteiger partial charge in [0.1, 0.15) is 36.2 Å². The molecule has 74 heavy (non-hydrogen) atoms. The van der Waals surface area contributed by atoms with Crippen LogP contribution < -0.4 is 26.0 Å². The summed E-state index contributed by atoms with van der Waals surface area (Å²) in [4.78, 5) is 83.3. The van der Waals surface area contributed by atoms with E-state index in [0.717, 1.165) is 46.9 Å². The van der Waals surface area contributed by atoms with Gasteiger partial charge in [-0.3, -0.25) is 39.1 Å². The average molecular weight is 1050 g/mol. The first kappa shape index (κ1) is 54.4. The van der Waals surface area contributed by atoms with E-state index in [-0.39, 0.29) is 55.0 Å². The Hall–Kier alpha value is -5.82. The standard InChI is InChI=1S/C51H67ClN10O12/c52-36-6-4-35(5-7-36)39(57-50(68)51(53)13-17-61(18-14-51)46-38-10-15-54-45(38)55-34-56-46)11-16-59-19-21-60(22-20-59)43(64)12-23-69-24-25-70-26-27-71-28-29-72-30-31-73-32-33-74-41-3-1-2-37-44(41)49(67)62(48(37)66)40-8-9-42(63)58-47(40)65/h1-7,10,15,34,39-40,49,67H,8-9,11-14,16-33,53H2,(H,57,68)(H,54,55,56)(H,58,63,65)/t39-,40?,49?/m0/s1. The van der Waals surface area contributed by atoms with E-state index in [9.17, 15) is 29.1 Å². The van der Waals surface area contributed by atoms with Gasteiger partial charge in [0.05, 0.1) is 101 Å². The van der Waals surface area contributed by atoms with Crippen molar-refractivity contribution in [3.63, 3.8) is 0 Å². The molecule has 4 aromatic rings. The third-order valence-electron chi connectivity index (χ3n) is 13.8. The number of imide groups is 1. The number of ether oxygens (including phenoxy) is 6. The molecule has 8 rings (SSSR count). The number of anilines is 1. The van der Waals surface area contributed by atoms with Crippen molar-refractivity contribution >= 4 is 58.0 Å². The van der Waals surface area contributed by atoms with E-state index in [1.165, 1.54) is 0 Å². The maximum atomic E-state index is 13.9. The van der Waals surface area contributed by atoms with Gasteiger partial charge >= 0.3 is 0 Å². The average Bonchev–Trinajstić information content (AvgIpc) is 3.99. The number of piperidine rings is 2. The molecule has 2 unspecified atom stereocenters. The van der Waals surface area contributed by atoms with E-state index in [1.54, 1.807) is 24.5 Å². The lowest BCUT2D eigenvalue weighted by molar-refractivity contribution is -0.140. The lowest BCUT2D eigenvalue weighted by Gasteiger charge is -2.39. The number of H-pyrrole nitrogens is 1. The second kappa shape index (κ2) is 26.6. The first-order chi connectivity index (χ1) is 36.0. The quantitative estimate of drug-likeness (QED) is 0.0423. The molecule has 6 N–H and O–H groups in total. The van der Waals surface area contributed by atoms with Crippen LogP contribution in [0.1, 0.15) is 72.3 Å². The van der Waals surface area contributed by atoms with Gasteiger partial charge in [-0.2, -0.15) is 0 Å². The summed E-state index contributed by atoms with van der Waals surface area (Å²) in [6.07, 6.45) is 4.13. The third kappa shape index (κ3) is 14.1. The molecule has 0 aliphatic carbocycles. The van der Waals surface area contributed by atoms with Gasteiger partial charge in [0.25, 0.3) is 5.91 Å². The van der Waals surface area contributed by atoms with Crippen LogP contribution in [-0.4, -0.2) is 194 Å². The largest absolute Gasteiger partial charge is 0.491 e. The van der Waals surface area contributed by atoms with Gasteiger partial charge in [-0.05, 0) is 61.6 Å². The van der Waals surface area contributed by atoms with E-state index in [0.29, 0.717) is 122 Å². The number of carbonyl (C=O) groups is 5. The molecule has 3 saturated heterocycles. The number of halogens is 1. The first-order valence-electron chi connectivity index (χ1n) is 25.4. The van der Waals surface area contributed by atoms with Crippen molar-refractivity contribution in [2.24, 2.45) is 5.73 Å². The van der Waals surface area contributed by atoms with E-state index in [1.807, 2.05) is 41.4 Å². The second-order valence-corrected chi connectivity index (χ2v) is 19.0. The molecule has 4 aliphatic heterocycles. The summed E-state index contributed by atoms with van der Waals surface area (Å²) in [5, 5.41) is 18.1. The van der Waals surface area contributed by atoms with Crippen molar-refractivity contribution in [2.45, 2.75) is 62.4 Å². The Kier molecular flexibility index (Phi) is 19.6. The zero-order valence-corrected chi connectivity index (χ0v) is 42.3. The van der Waals surface area contributed by atoms with Crippen molar-refractivity contribution in [1.29, 1.82) is 0 Å². The molecule has 22 nitrogen and oxygen atoms in total. The highest BCUT2D eigenvalue weighted by Crippen LogP contribution is 2.40. The molecule has 0 saturated carbocycles. The highest BCUT2D eigenvalue weighted by atomic mass is 35.5. The number of nitrogens with two attached hydrogens (primary N) is 1. The summed E-state index contributed by atoms with van der Waals surface area (Å²) in [7, 11) is 0. The predicted octanol–water partition coefficient (Wildman–Crippen LogP) is 2.10. The fourth-order valence-electron chi connectivity index (χ4n) is 9.59. The Bertz CT molecular complexity index is 2520. The number of hydrogen-bond acceptors (Lipinski definition) is 17. The monoisotopic (exact) mass is 1050 g/mol. The zero-order valence-electron chi connectivity index (χ0n) is 41.6. The molecule has 2 aromatic heterocycles. The minimum absolute atomic E-state index is 0.0550. The minimum atomic E-state index is -1.38.